The summed E-state index contributed by atoms with van der Waals surface area (Å²) in [7, 11) is 0. The van der Waals surface area contributed by atoms with Gasteiger partial charge in [0.15, 0.2) is 0 Å². The van der Waals surface area contributed by atoms with E-state index in [1.165, 1.54) is 32.8 Å². The Bertz CT molecular complexity index is 1600. The lowest BCUT2D eigenvalue weighted by atomic mass is 9.89. The highest BCUT2D eigenvalue weighted by Crippen LogP contribution is 2.45. The van der Waals surface area contributed by atoms with Crippen LogP contribution < -0.4 is 4.74 Å². The predicted octanol–water partition coefficient (Wildman–Crippen LogP) is 8.31. The molecule has 6 rings (SSSR count). The number of aryl methyl sites for hydroxylation is 1. The van der Waals surface area contributed by atoms with E-state index in [-0.39, 0.29) is 0 Å². The first kappa shape index (κ1) is 18.6. The Morgan fingerprint density at radius 3 is 2.34 bits per heavy atom. The van der Waals surface area contributed by atoms with Crippen LogP contribution in [0.25, 0.3) is 43.4 Å². The standard InChI is InChI=1S/C30H21NO/c1-20-8-7-13-26-28(20)29(23-15-14-21-9-5-6-10-22(21)18-23)27-19-31-17-16-25(27)30(26)32-24-11-3-2-4-12-24/h2-19H,1H3. The second kappa shape index (κ2) is 7.51. The van der Waals surface area contributed by atoms with E-state index in [1.807, 2.05) is 42.7 Å². The lowest BCUT2D eigenvalue weighted by molar-refractivity contribution is 0.494. The summed E-state index contributed by atoms with van der Waals surface area (Å²) < 4.78 is 6.49. The molecule has 0 fully saturated rings. The average Bonchev–Trinajstić information content (AvgIpc) is 2.85. The molecule has 2 heteroatoms. The van der Waals surface area contributed by atoms with E-state index in [2.05, 4.69) is 78.6 Å². The van der Waals surface area contributed by atoms with Crippen LogP contribution in [-0.4, -0.2) is 4.98 Å². The molecule has 1 heterocycles. The van der Waals surface area contributed by atoms with Crippen LogP contribution in [0.4, 0.5) is 0 Å². The second-order valence-electron chi connectivity index (χ2n) is 8.10. The lowest BCUT2D eigenvalue weighted by Gasteiger charge is -2.19. The van der Waals surface area contributed by atoms with Gasteiger partial charge in [0.2, 0.25) is 0 Å². The normalized spacial score (nSPS) is 11.3. The number of fused-ring (bicyclic) bond motifs is 3. The number of para-hydroxylation sites is 1. The highest BCUT2D eigenvalue weighted by molar-refractivity contribution is 6.18. The molecule has 2 nitrogen and oxygen atoms in total. The molecular formula is C30H21NO. The van der Waals surface area contributed by atoms with E-state index in [9.17, 15) is 0 Å². The van der Waals surface area contributed by atoms with Crippen molar-refractivity contribution in [3.63, 3.8) is 0 Å². The Labute approximate surface area is 186 Å². The van der Waals surface area contributed by atoms with Crippen molar-refractivity contribution in [2.24, 2.45) is 0 Å². The van der Waals surface area contributed by atoms with Crippen molar-refractivity contribution in [3.8, 4) is 22.6 Å². The molecule has 0 atom stereocenters. The third kappa shape index (κ3) is 3.00. The fourth-order valence-electron chi connectivity index (χ4n) is 4.62. The van der Waals surface area contributed by atoms with Crippen molar-refractivity contribution in [3.05, 3.63) is 115 Å². The quantitative estimate of drug-likeness (QED) is 0.273. The van der Waals surface area contributed by atoms with Crippen LogP contribution in [0.15, 0.2) is 109 Å². The molecule has 0 saturated carbocycles. The third-order valence-corrected chi connectivity index (χ3v) is 6.10. The van der Waals surface area contributed by atoms with Gasteiger partial charge in [0.25, 0.3) is 0 Å². The van der Waals surface area contributed by atoms with E-state index < -0.39 is 0 Å². The van der Waals surface area contributed by atoms with Crippen LogP contribution in [0.3, 0.4) is 0 Å². The Balaban J connectivity index is 1.73. The summed E-state index contributed by atoms with van der Waals surface area (Å²) in [6, 6.07) is 33.6. The molecule has 0 radical (unpaired) electrons. The number of ether oxygens (including phenoxy) is 1. The van der Waals surface area contributed by atoms with Crippen LogP contribution >= 0.6 is 0 Å². The van der Waals surface area contributed by atoms with Crippen molar-refractivity contribution in [1.29, 1.82) is 0 Å². The van der Waals surface area contributed by atoms with Crippen LogP contribution in [0.1, 0.15) is 5.56 Å². The molecule has 152 valence electrons. The van der Waals surface area contributed by atoms with E-state index in [0.717, 1.165) is 27.7 Å². The molecule has 0 saturated heterocycles. The van der Waals surface area contributed by atoms with Gasteiger partial charge in [-0.15, -0.1) is 0 Å². The van der Waals surface area contributed by atoms with Crippen LogP contribution in [0.2, 0.25) is 0 Å². The van der Waals surface area contributed by atoms with Crippen LogP contribution in [0.5, 0.6) is 11.5 Å². The number of pyridine rings is 1. The maximum absolute atomic E-state index is 6.49. The SMILES string of the molecule is Cc1cccc2c(Oc3ccccc3)c3ccncc3c(-c3ccc4ccccc4c3)c12. The molecule has 0 aliphatic carbocycles. The van der Waals surface area contributed by atoms with Gasteiger partial charge in [-0.05, 0) is 64.0 Å². The van der Waals surface area contributed by atoms with Crippen LogP contribution in [-0.2, 0) is 0 Å². The summed E-state index contributed by atoms with van der Waals surface area (Å²) in [5, 5.41) is 6.93. The lowest BCUT2D eigenvalue weighted by Crippen LogP contribution is -1.94. The minimum Gasteiger partial charge on any atom is -0.456 e. The van der Waals surface area contributed by atoms with Crippen molar-refractivity contribution in [1.82, 2.24) is 4.98 Å². The van der Waals surface area contributed by atoms with E-state index >= 15 is 0 Å². The molecule has 0 spiro atoms. The molecule has 5 aromatic carbocycles. The molecule has 32 heavy (non-hydrogen) atoms. The molecule has 6 aromatic rings. The van der Waals surface area contributed by atoms with Crippen molar-refractivity contribution in [2.75, 3.05) is 0 Å². The highest BCUT2D eigenvalue weighted by atomic mass is 16.5. The molecule has 0 N–H and O–H groups in total. The first-order chi connectivity index (χ1) is 15.8. The number of nitrogens with zero attached hydrogens (tertiary/aromatic N) is 1. The first-order valence-electron chi connectivity index (χ1n) is 10.8. The van der Waals surface area contributed by atoms with Crippen molar-refractivity contribution in [2.45, 2.75) is 6.92 Å². The Kier molecular flexibility index (Phi) is 4.36. The molecular weight excluding hydrogens is 390 g/mol. The zero-order valence-corrected chi connectivity index (χ0v) is 17.7. The zero-order valence-electron chi connectivity index (χ0n) is 17.7. The Hall–Kier alpha value is -4.17. The molecule has 1 aromatic heterocycles. The van der Waals surface area contributed by atoms with Gasteiger partial charge in [-0.25, -0.2) is 0 Å². The fraction of sp³-hybridized carbons (Fsp3) is 0.0333. The molecule has 0 aliphatic rings. The Morgan fingerprint density at radius 1 is 0.656 bits per heavy atom. The number of hydrogen-bond donors (Lipinski definition) is 0. The topological polar surface area (TPSA) is 22.1 Å². The maximum atomic E-state index is 6.49. The van der Waals surface area contributed by atoms with Gasteiger partial charge in [-0.1, -0.05) is 72.8 Å². The minimum absolute atomic E-state index is 0.826. The summed E-state index contributed by atoms with van der Waals surface area (Å²) in [6.07, 6.45) is 3.80. The predicted molar refractivity (Wildman–Crippen MR) is 133 cm³/mol. The van der Waals surface area contributed by atoms with Gasteiger partial charge in [0.1, 0.15) is 11.5 Å². The summed E-state index contributed by atoms with van der Waals surface area (Å²) in [5.74, 6) is 1.70. The first-order valence-corrected chi connectivity index (χ1v) is 10.8. The molecule has 0 bridgehead atoms. The minimum atomic E-state index is 0.826. The van der Waals surface area contributed by atoms with Gasteiger partial charge in [-0.2, -0.15) is 0 Å². The van der Waals surface area contributed by atoms with Gasteiger partial charge in [-0.3, -0.25) is 4.98 Å². The smallest absolute Gasteiger partial charge is 0.143 e. The zero-order chi connectivity index (χ0) is 21.5. The fourth-order valence-corrected chi connectivity index (χ4v) is 4.62. The Morgan fingerprint density at radius 2 is 1.47 bits per heavy atom. The number of hydrogen-bond acceptors (Lipinski definition) is 2. The summed E-state index contributed by atoms with van der Waals surface area (Å²) >= 11 is 0. The monoisotopic (exact) mass is 411 g/mol. The second-order valence-corrected chi connectivity index (χ2v) is 8.10. The van der Waals surface area contributed by atoms with Crippen molar-refractivity contribution < 1.29 is 4.74 Å². The average molecular weight is 412 g/mol. The van der Waals surface area contributed by atoms with Gasteiger partial charge >= 0.3 is 0 Å². The number of aromatic nitrogens is 1. The van der Waals surface area contributed by atoms with E-state index in [1.54, 1.807) is 0 Å². The summed E-state index contributed by atoms with van der Waals surface area (Å²) in [5.41, 5.74) is 3.61. The summed E-state index contributed by atoms with van der Waals surface area (Å²) in [6.45, 7) is 2.17. The van der Waals surface area contributed by atoms with Crippen LogP contribution in [0, 0.1) is 6.92 Å². The van der Waals surface area contributed by atoms with E-state index in [0.29, 0.717) is 0 Å². The maximum Gasteiger partial charge on any atom is 0.143 e. The van der Waals surface area contributed by atoms with Gasteiger partial charge in [0.05, 0.1) is 0 Å². The van der Waals surface area contributed by atoms with Gasteiger partial charge in [0, 0.05) is 28.6 Å². The van der Waals surface area contributed by atoms with E-state index in [4.69, 9.17) is 4.74 Å². The molecule has 0 unspecified atom stereocenters. The molecule has 0 aliphatic heterocycles. The third-order valence-electron chi connectivity index (χ3n) is 6.10. The number of rotatable bonds is 3. The summed E-state index contributed by atoms with van der Waals surface area (Å²) in [4.78, 5) is 4.49. The van der Waals surface area contributed by atoms with Gasteiger partial charge < -0.3 is 4.74 Å². The molecule has 0 amide bonds. The van der Waals surface area contributed by atoms with Crippen molar-refractivity contribution >= 4 is 32.3 Å². The largest absolute Gasteiger partial charge is 0.456 e. The number of benzene rings is 5. The highest BCUT2D eigenvalue weighted by Gasteiger charge is 2.18.